The Balaban J connectivity index is 1.79. The number of benzene rings is 1. The number of aryl methyl sites for hydroxylation is 1. The molecule has 0 amide bonds. The van der Waals surface area contributed by atoms with Gasteiger partial charge < -0.3 is 14.3 Å². The van der Waals surface area contributed by atoms with Crippen molar-refractivity contribution in [1.82, 2.24) is 15.1 Å². The Kier molecular flexibility index (Phi) is 3.37. The van der Waals surface area contributed by atoms with E-state index in [9.17, 15) is 0 Å². The Bertz CT molecular complexity index is 760. The molecule has 1 atom stereocenters. The Morgan fingerprint density at radius 1 is 1.14 bits per heavy atom. The summed E-state index contributed by atoms with van der Waals surface area (Å²) in [5, 5.41) is 7.31. The first-order valence-electron chi connectivity index (χ1n) is 7.00. The fraction of sp³-hybridized carbons (Fsp3) is 0.400. The topological polar surface area (TPSA) is 77.0 Å². The molecule has 0 aliphatic rings. The van der Waals surface area contributed by atoms with Crippen LogP contribution in [0.15, 0.2) is 27.1 Å². The van der Waals surface area contributed by atoms with Gasteiger partial charge in [0.05, 0.1) is 0 Å². The summed E-state index contributed by atoms with van der Waals surface area (Å²) in [7, 11) is 0. The number of oxazole rings is 1. The molecule has 6 heteroatoms. The normalized spacial score (nSPS) is 13.0. The van der Waals surface area contributed by atoms with Gasteiger partial charge in [-0.05, 0) is 25.1 Å². The Labute approximate surface area is 122 Å². The van der Waals surface area contributed by atoms with Crippen molar-refractivity contribution in [3.63, 3.8) is 0 Å². The molecule has 0 spiro atoms. The summed E-state index contributed by atoms with van der Waals surface area (Å²) in [6, 6.07) is 5.72. The number of fused-ring (bicyclic) bond motifs is 1. The lowest BCUT2D eigenvalue weighted by atomic mass is 10.2. The maximum atomic E-state index is 5.46. The SMILES string of the molecule is Cc1nc2cc(N[C@H](C)c3nc(C(C)C)no3)ccc2o1. The van der Waals surface area contributed by atoms with E-state index in [1.54, 1.807) is 0 Å². The van der Waals surface area contributed by atoms with E-state index in [-0.39, 0.29) is 12.0 Å². The first-order valence-corrected chi connectivity index (χ1v) is 7.00. The smallest absolute Gasteiger partial charge is 0.248 e. The van der Waals surface area contributed by atoms with E-state index in [0.29, 0.717) is 11.8 Å². The molecule has 1 N–H and O–H groups in total. The number of aromatic nitrogens is 3. The third-order valence-corrected chi connectivity index (χ3v) is 3.22. The van der Waals surface area contributed by atoms with Crippen molar-refractivity contribution in [2.75, 3.05) is 5.32 Å². The van der Waals surface area contributed by atoms with Crippen LogP contribution >= 0.6 is 0 Å². The minimum Gasteiger partial charge on any atom is -0.441 e. The predicted octanol–water partition coefficient (Wildman–Crippen LogP) is 3.82. The molecule has 3 aromatic rings. The van der Waals surface area contributed by atoms with Crippen LogP contribution in [0.3, 0.4) is 0 Å². The fourth-order valence-electron chi connectivity index (χ4n) is 2.10. The second-order valence-corrected chi connectivity index (χ2v) is 5.43. The molecule has 0 saturated heterocycles. The van der Waals surface area contributed by atoms with Gasteiger partial charge in [-0.2, -0.15) is 4.98 Å². The molecule has 110 valence electrons. The van der Waals surface area contributed by atoms with Gasteiger partial charge in [0.25, 0.3) is 0 Å². The lowest BCUT2D eigenvalue weighted by Crippen LogP contribution is -2.07. The average molecular weight is 286 g/mol. The van der Waals surface area contributed by atoms with E-state index in [1.165, 1.54) is 0 Å². The minimum atomic E-state index is -0.0737. The molecule has 2 heterocycles. The number of rotatable bonds is 4. The maximum Gasteiger partial charge on any atom is 0.248 e. The standard InChI is InChI=1S/C15H18N4O2/c1-8(2)14-18-15(21-19-14)9(3)16-11-5-6-13-12(7-11)17-10(4)20-13/h5-9,16H,1-4H3/t9-/m1/s1. The minimum absolute atomic E-state index is 0.0737. The highest BCUT2D eigenvalue weighted by Gasteiger charge is 2.16. The van der Waals surface area contributed by atoms with Crippen molar-refractivity contribution in [2.24, 2.45) is 0 Å². The molecular weight excluding hydrogens is 268 g/mol. The van der Waals surface area contributed by atoms with Gasteiger partial charge in [-0.15, -0.1) is 0 Å². The molecule has 0 saturated carbocycles. The van der Waals surface area contributed by atoms with E-state index in [4.69, 9.17) is 8.94 Å². The maximum absolute atomic E-state index is 5.46. The van der Waals surface area contributed by atoms with E-state index in [0.717, 1.165) is 22.6 Å². The first-order chi connectivity index (χ1) is 10.0. The molecule has 3 rings (SSSR count). The van der Waals surface area contributed by atoms with Gasteiger partial charge in [0.1, 0.15) is 11.6 Å². The van der Waals surface area contributed by atoms with Crippen LogP contribution in [0.25, 0.3) is 11.1 Å². The molecule has 0 unspecified atom stereocenters. The Morgan fingerprint density at radius 3 is 2.67 bits per heavy atom. The van der Waals surface area contributed by atoms with Crippen molar-refractivity contribution in [2.45, 2.75) is 39.7 Å². The van der Waals surface area contributed by atoms with Crippen molar-refractivity contribution in [3.8, 4) is 0 Å². The van der Waals surface area contributed by atoms with Crippen molar-refractivity contribution < 1.29 is 8.94 Å². The molecule has 0 aliphatic carbocycles. The average Bonchev–Trinajstić information content (AvgIpc) is 3.03. The van der Waals surface area contributed by atoms with Crippen LogP contribution < -0.4 is 5.32 Å². The number of nitrogens with one attached hydrogen (secondary N) is 1. The molecule has 0 aliphatic heterocycles. The van der Waals surface area contributed by atoms with Crippen LogP contribution in [0.4, 0.5) is 5.69 Å². The van der Waals surface area contributed by atoms with Gasteiger partial charge >= 0.3 is 0 Å². The summed E-state index contributed by atoms with van der Waals surface area (Å²) in [5.41, 5.74) is 2.55. The van der Waals surface area contributed by atoms with E-state index < -0.39 is 0 Å². The van der Waals surface area contributed by atoms with Crippen LogP contribution in [0.2, 0.25) is 0 Å². The first kappa shape index (κ1) is 13.6. The van der Waals surface area contributed by atoms with Gasteiger partial charge in [-0.25, -0.2) is 4.98 Å². The largest absolute Gasteiger partial charge is 0.441 e. The van der Waals surface area contributed by atoms with Crippen LogP contribution in [0.5, 0.6) is 0 Å². The highest BCUT2D eigenvalue weighted by atomic mass is 16.5. The summed E-state index contributed by atoms with van der Waals surface area (Å²) < 4.78 is 10.8. The highest BCUT2D eigenvalue weighted by molar-refractivity contribution is 5.77. The summed E-state index contributed by atoms with van der Waals surface area (Å²) in [5.74, 6) is 2.22. The number of anilines is 1. The number of hydrogen-bond donors (Lipinski definition) is 1. The van der Waals surface area contributed by atoms with Crippen LogP contribution in [0.1, 0.15) is 50.3 Å². The third-order valence-electron chi connectivity index (χ3n) is 3.22. The molecule has 21 heavy (non-hydrogen) atoms. The Morgan fingerprint density at radius 2 is 1.95 bits per heavy atom. The molecule has 2 aromatic heterocycles. The number of hydrogen-bond acceptors (Lipinski definition) is 6. The van der Waals surface area contributed by atoms with Crippen LogP contribution in [-0.4, -0.2) is 15.1 Å². The van der Waals surface area contributed by atoms with Crippen molar-refractivity contribution in [3.05, 3.63) is 35.8 Å². The summed E-state index contributed by atoms with van der Waals surface area (Å²) >= 11 is 0. The van der Waals surface area contributed by atoms with Crippen LogP contribution in [-0.2, 0) is 0 Å². The predicted molar refractivity (Wildman–Crippen MR) is 79.2 cm³/mol. The molecule has 6 nitrogen and oxygen atoms in total. The lowest BCUT2D eigenvalue weighted by molar-refractivity contribution is 0.361. The number of nitrogens with zero attached hydrogens (tertiary/aromatic N) is 3. The van der Waals surface area contributed by atoms with Gasteiger partial charge in [-0.3, -0.25) is 0 Å². The van der Waals surface area contributed by atoms with Gasteiger partial charge in [0, 0.05) is 18.5 Å². The summed E-state index contributed by atoms with van der Waals surface area (Å²) in [4.78, 5) is 8.72. The zero-order chi connectivity index (χ0) is 15.0. The molecular formula is C15H18N4O2. The van der Waals surface area contributed by atoms with Gasteiger partial charge in [0.15, 0.2) is 17.3 Å². The molecule has 1 aromatic carbocycles. The Hall–Kier alpha value is -2.37. The summed E-state index contributed by atoms with van der Waals surface area (Å²) in [6.07, 6.45) is 0. The quantitative estimate of drug-likeness (QED) is 0.785. The molecule has 0 bridgehead atoms. The molecule has 0 fully saturated rings. The zero-order valence-corrected chi connectivity index (χ0v) is 12.5. The van der Waals surface area contributed by atoms with E-state index in [1.807, 2.05) is 45.9 Å². The zero-order valence-electron chi connectivity index (χ0n) is 12.5. The second-order valence-electron chi connectivity index (χ2n) is 5.43. The van der Waals surface area contributed by atoms with Gasteiger partial charge in [-0.1, -0.05) is 19.0 Å². The van der Waals surface area contributed by atoms with Crippen LogP contribution in [0, 0.1) is 6.92 Å². The van der Waals surface area contributed by atoms with Crippen molar-refractivity contribution in [1.29, 1.82) is 0 Å². The second kappa shape index (κ2) is 5.20. The fourth-order valence-corrected chi connectivity index (χ4v) is 2.10. The summed E-state index contributed by atoms with van der Waals surface area (Å²) in [6.45, 7) is 7.89. The van der Waals surface area contributed by atoms with E-state index >= 15 is 0 Å². The van der Waals surface area contributed by atoms with Gasteiger partial charge in [0.2, 0.25) is 5.89 Å². The third kappa shape index (κ3) is 2.74. The lowest BCUT2D eigenvalue weighted by Gasteiger charge is -2.10. The van der Waals surface area contributed by atoms with Crippen molar-refractivity contribution >= 4 is 16.8 Å². The monoisotopic (exact) mass is 286 g/mol. The highest BCUT2D eigenvalue weighted by Crippen LogP contribution is 2.23. The van der Waals surface area contributed by atoms with E-state index in [2.05, 4.69) is 20.4 Å². The molecule has 0 radical (unpaired) electrons.